The molecule has 104 valence electrons. The smallest absolute Gasteiger partial charge is 0.292 e. The predicted molar refractivity (Wildman–Crippen MR) is 73.3 cm³/mol. The number of aryl methyl sites for hydroxylation is 1. The number of nitro groups is 1. The first kappa shape index (κ1) is 13.8. The third-order valence-corrected chi connectivity index (χ3v) is 5.53. The Morgan fingerprint density at radius 2 is 2.11 bits per heavy atom. The number of rotatable bonds is 2. The zero-order chi connectivity index (χ0) is 14.2. The van der Waals surface area contributed by atoms with Crippen LogP contribution in [0.1, 0.15) is 12.5 Å². The third-order valence-electron chi connectivity index (χ3n) is 3.40. The average Bonchev–Trinajstić information content (AvgIpc) is 2.33. The predicted octanol–water partition coefficient (Wildman–Crippen LogP) is 1.53. The summed E-state index contributed by atoms with van der Waals surface area (Å²) in [6.07, 6.45) is 0. The van der Waals surface area contributed by atoms with Gasteiger partial charge in [0.15, 0.2) is 9.84 Å². The van der Waals surface area contributed by atoms with E-state index in [0.29, 0.717) is 18.8 Å². The maximum Gasteiger partial charge on any atom is 0.292 e. The van der Waals surface area contributed by atoms with Crippen LogP contribution < -0.4 is 4.90 Å². The topological polar surface area (TPSA) is 80.5 Å². The van der Waals surface area contributed by atoms with Crippen LogP contribution in [0.5, 0.6) is 0 Å². The molecule has 1 aromatic carbocycles. The Hall–Kier alpha value is -1.63. The van der Waals surface area contributed by atoms with E-state index in [1.807, 2.05) is 0 Å². The van der Waals surface area contributed by atoms with Crippen LogP contribution in [-0.4, -0.2) is 37.4 Å². The summed E-state index contributed by atoms with van der Waals surface area (Å²) in [6, 6.07) is 5.01. The standard InChI is InChI=1S/C12H16N2O4S/c1-9-3-4-11(12(7-9)14(15)16)13-5-6-19(17,18)10(2)8-13/h3-4,7,10H,5-6,8H2,1-2H3. The Morgan fingerprint density at radius 1 is 1.42 bits per heavy atom. The molecule has 1 saturated heterocycles. The molecule has 0 aromatic heterocycles. The van der Waals surface area contributed by atoms with Crippen molar-refractivity contribution < 1.29 is 13.3 Å². The van der Waals surface area contributed by atoms with Crippen LogP contribution in [0.2, 0.25) is 0 Å². The van der Waals surface area contributed by atoms with Gasteiger partial charge < -0.3 is 4.90 Å². The van der Waals surface area contributed by atoms with Gasteiger partial charge in [-0.1, -0.05) is 6.07 Å². The van der Waals surface area contributed by atoms with E-state index in [1.54, 1.807) is 30.9 Å². The lowest BCUT2D eigenvalue weighted by molar-refractivity contribution is -0.384. The molecule has 1 heterocycles. The molecule has 1 fully saturated rings. The Morgan fingerprint density at radius 3 is 2.68 bits per heavy atom. The molecule has 1 aliphatic rings. The van der Waals surface area contributed by atoms with E-state index in [-0.39, 0.29) is 11.4 Å². The summed E-state index contributed by atoms with van der Waals surface area (Å²) >= 11 is 0. The van der Waals surface area contributed by atoms with Crippen LogP contribution in [0, 0.1) is 17.0 Å². The number of hydrogen-bond donors (Lipinski definition) is 0. The molecule has 0 saturated carbocycles. The van der Waals surface area contributed by atoms with Crippen molar-refractivity contribution in [1.29, 1.82) is 0 Å². The quantitative estimate of drug-likeness (QED) is 0.607. The fraction of sp³-hybridized carbons (Fsp3) is 0.500. The number of benzene rings is 1. The number of nitrogens with zero attached hydrogens (tertiary/aromatic N) is 2. The molecule has 0 amide bonds. The highest BCUT2D eigenvalue weighted by Gasteiger charge is 2.32. The minimum absolute atomic E-state index is 0.0338. The molecular formula is C12H16N2O4S. The lowest BCUT2D eigenvalue weighted by atomic mass is 10.1. The van der Waals surface area contributed by atoms with Crippen molar-refractivity contribution in [2.24, 2.45) is 0 Å². The van der Waals surface area contributed by atoms with Crippen LogP contribution in [0.3, 0.4) is 0 Å². The summed E-state index contributed by atoms with van der Waals surface area (Å²) in [5.41, 5.74) is 1.34. The van der Waals surface area contributed by atoms with Crippen LogP contribution in [0.25, 0.3) is 0 Å². The van der Waals surface area contributed by atoms with Gasteiger partial charge >= 0.3 is 0 Å². The van der Waals surface area contributed by atoms with Crippen molar-refractivity contribution in [1.82, 2.24) is 0 Å². The van der Waals surface area contributed by atoms with Crippen molar-refractivity contribution in [3.05, 3.63) is 33.9 Å². The number of nitro benzene ring substituents is 1. The van der Waals surface area contributed by atoms with Crippen LogP contribution in [0.15, 0.2) is 18.2 Å². The van der Waals surface area contributed by atoms with Gasteiger partial charge in [0.2, 0.25) is 0 Å². The number of sulfone groups is 1. The average molecular weight is 284 g/mol. The normalized spacial score (nSPS) is 22.2. The molecule has 1 aromatic rings. The minimum Gasteiger partial charge on any atom is -0.364 e. The van der Waals surface area contributed by atoms with Crippen molar-refractivity contribution in [3.63, 3.8) is 0 Å². The van der Waals surface area contributed by atoms with Gasteiger partial charge in [-0.05, 0) is 25.5 Å². The van der Waals surface area contributed by atoms with Gasteiger partial charge in [0.25, 0.3) is 5.69 Å². The maximum absolute atomic E-state index is 11.7. The van der Waals surface area contributed by atoms with E-state index in [0.717, 1.165) is 5.56 Å². The molecule has 0 spiro atoms. The Kier molecular flexibility index (Phi) is 3.49. The van der Waals surface area contributed by atoms with Crippen LogP contribution in [0.4, 0.5) is 11.4 Å². The summed E-state index contributed by atoms with van der Waals surface area (Å²) in [6.45, 7) is 4.03. The van der Waals surface area contributed by atoms with Gasteiger partial charge in [-0.3, -0.25) is 10.1 Å². The number of hydrogen-bond acceptors (Lipinski definition) is 5. The van der Waals surface area contributed by atoms with Gasteiger partial charge in [0.05, 0.1) is 15.9 Å². The highest BCUT2D eigenvalue weighted by Crippen LogP contribution is 2.31. The monoisotopic (exact) mass is 284 g/mol. The van der Waals surface area contributed by atoms with Crippen LogP contribution in [-0.2, 0) is 9.84 Å². The SMILES string of the molecule is Cc1ccc(N2CCS(=O)(=O)C(C)C2)c([N+](=O)[O-])c1. The number of anilines is 1. The molecule has 6 nitrogen and oxygen atoms in total. The molecular weight excluding hydrogens is 268 g/mol. The lowest BCUT2D eigenvalue weighted by Gasteiger charge is -2.32. The molecule has 0 bridgehead atoms. The molecule has 2 rings (SSSR count). The minimum atomic E-state index is -3.06. The molecule has 1 atom stereocenters. The second-order valence-corrected chi connectivity index (χ2v) is 7.41. The first-order chi connectivity index (χ1) is 8.81. The Labute approximate surface area is 112 Å². The van der Waals surface area contributed by atoms with E-state index in [2.05, 4.69) is 0 Å². The fourth-order valence-electron chi connectivity index (χ4n) is 2.22. The zero-order valence-electron chi connectivity index (χ0n) is 10.9. The second-order valence-electron chi connectivity index (χ2n) is 4.87. The zero-order valence-corrected chi connectivity index (χ0v) is 11.7. The lowest BCUT2D eigenvalue weighted by Crippen LogP contribution is -2.45. The van der Waals surface area contributed by atoms with Crippen molar-refractivity contribution >= 4 is 21.2 Å². The largest absolute Gasteiger partial charge is 0.364 e. The summed E-state index contributed by atoms with van der Waals surface area (Å²) in [5, 5.41) is 10.6. The highest BCUT2D eigenvalue weighted by atomic mass is 32.2. The van der Waals surface area contributed by atoms with Crippen molar-refractivity contribution in [2.45, 2.75) is 19.1 Å². The summed E-state index contributed by atoms with van der Waals surface area (Å²) in [7, 11) is -3.06. The van der Waals surface area contributed by atoms with Gasteiger partial charge in [0, 0.05) is 19.2 Å². The molecule has 7 heteroatoms. The van der Waals surface area contributed by atoms with Gasteiger partial charge in [-0.2, -0.15) is 0 Å². The van der Waals surface area contributed by atoms with E-state index in [4.69, 9.17) is 0 Å². The summed E-state index contributed by atoms with van der Waals surface area (Å²) in [4.78, 5) is 12.4. The summed E-state index contributed by atoms with van der Waals surface area (Å²) < 4.78 is 23.3. The van der Waals surface area contributed by atoms with E-state index < -0.39 is 20.0 Å². The Balaban J connectivity index is 2.36. The van der Waals surface area contributed by atoms with Gasteiger partial charge in [-0.25, -0.2) is 8.42 Å². The fourth-order valence-corrected chi connectivity index (χ4v) is 3.50. The van der Waals surface area contributed by atoms with Crippen molar-refractivity contribution in [3.8, 4) is 0 Å². The van der Waals surface area contributed by atoms with E-state index >= 15 is 0 Å². The third kappa shape index (κ3) is 2.70. The van der Waals surface area contributed by atoms with Gasteiger partial charge in [-0.15, -0.1) is 0 Å². The molecule has 1 aliphatic heterocycles. The van der Waals surface area contributed by atoms with E-state index in [9.17, 15) is 18.5 Å². The molecule has 0 aliphatic carbocycles. The van der Waals surface area contributed by atoms with Crippen LogP contribution >= 0.6 is 0 Å². The first-order valence-corrected chi connectivity index (χ1v) is 7.74. The maximum atomic E-state index is 11.7. The van der Waals surface area contributed by atoms with Gasteiger partial charge in [0.1, 0.15) is 5.69 Å². The molecule has 0 radical (unpaired) electrons. The molecule has 0 N–H and O–H groups in total. The highest BCUT2D eigenvalue weighted by molar-refractivity contribution is 7.92. The first-order valence-electron chi connectivity index (χ1n) is 6.03. The second kappa shape index (κ2) is 4.80. The summed E-state index contributed by atoms with van der Waals surface area (Å²) in [5.74, 6) is 0.0409. The van der Waals surface area contributed by atoms with Crippen molar-refractivity contribution in [2.75, 3.05) is 23.7 Å². The Bertz CT molecular complexity index is 612. The molecule has 1 unspecified atom stereocenters. The van der Waals surface area contributed by atoms with E-state index in [1.165, 1.54) is 6.07 Å². The molecule has 19 heavy (non-hydrogen) atoms.